The molecule has 0 radical (unpaired) electrons. The largest absolute Gasteiger partial charge is 0.343 e. The zero-order chi connectivity index (χ0) is 14.8. The molecule has 0 unspecified atom stereocenters. The second-order valence-corrected chi connectivity index (χ2v) is 4.65. The lowest BCUT2D eigenvalue weighted by Crippen LogP contribution is -2.02. The number of aromatic nitrogens is 4. The number of aldehydes is 1. The average Bonchev–Trinajstić information content (AvgIpc) is 2.89. The summed E-state index contributed by atoms with van der Waals surface area (Å²) in [5, 5.41) is 3.02. The van der Waals surface area contributed by atoms with Gasteiger partial charge < -0.3 is 5.32 Å². The molecule has 0 saturated heterocycles. The van der Waals surface area contributed by atoms with E-state index in [1.807, 2.05) is 6.92 Å². The van der Waals surface area contributed by atoms with Crippen LogP contribution in [0.25, 0.3) is 16.9 Å². The average molecular weight is 279 g/mol. The van der Waals surface area contributed by atoms with E-state index >= 15 is 0 Å². The van der Waals surface area contributed by atoms with Gasteiger partial charge in [-0.2, -0.15) is 0 Å². The van der Waals surface area contributed by atoms with E-state index in [1.165, 1.54) is 0 Å². The van der Waals surface area contributed by atoms with E-state index in [9.17, 15) is 4.79 Å². The van der Waals surface area contributed by atoms with Crippen LogP contribution in [0.2, 0.25) is 0 Å². The molecule has 0 aliphatic rings. The number of imidazole rings is 1. The summed E-state index contributed by atoms with van der Waals surface area (Å²) in [5.74, 6) is 1.22. The molecule has 0 aliphatic heterocycles. The third kappa shape index (κ3) is 2.51. The van der Waals surface area contributed by atoms with Crippen molar-refractivity contribution in [2.24, 2.45) is 0 Å². The predicted molar refractivity (Wildman–Crippen MR) is 80.5 cm³/mol. The van der Waals surface area contributed by atoms with E-state index in [0.717, 1.165) is 23.0 Å². The lowest BCUT2D eigenvalue weighted by molar-refractivity contribution is 0.112. The minimum absolute atomic E-state index is 0.591. The SMILES string of the molecule is C=C(C)Nc1cncc(-n2cnc3ccc(C=O)cc32)n1. The zero-order valence-corrected chi connectivity index (χ0v) is 11.4. The van der Waals surface area contributed by atoms with Crippen molar-refractivity contribution in [1.29, 1.82) is 0 Å². The molecule has 6 nitrogen and oxygen atoms in total. The van der Waals surface area contributed by atoms with Gasteiger partial charge in [0.15, 0.2) is 11.6 Å². The Bertz CT molecular complexity index is 837. The van der Waals surface area contributed by atoms with E-state index in [-0.39, 0.29) is 0 Å². The number of nitrogens with zero attached hydrogens (tertiary/aromatic N) is 4. The molecule has 1 N–H and O–H groups in total. The lowest BCUT2D eigenvalue weighted by atomic mass is 10.2. The molecular weight excluding hydrogens is 266 g/mol. The molecule has 0 aliphatic carbocycles. The molecule has 0 fully saturated rings. The van der Waals surface area contributed by atoms with Crippen LogP contribution >= 0.6 is 0 Å². The maximum absolute atomic E-state index is 10.9. The van der Waals surface area contributed by atoms with Crippen molar-refractivity contribution in [3.05, 3.63) is 54.8 Å². The van der Waals surface area contributed by atoms with Crippen LogP contribution in [0.3, 0.4) is 0 Å². The molecule has 104 valence electrons. The van der Waals surface area contributed by atoms with Crippen molar-refractivity contribution in [3.8, 4) is 5.82 Å². The highest BCUT2D eigenvalue weighted by atomic mass is 16.1. The number of hydrogen-bond donors (Lipinski definition) is 1. The van der Waals surface area contributed by atoms with Crippen molar-refractivity contribution < 1.29 is 4.79 Å². The van der Waals surface area contributed by atoms with Gasteiger partial charge >= 0.3 is 0 Å². The molecule has 0 saturated carbocycles. The van der Waals surface area contributed by atoms with E-state index in [2.05, 4.69) is 26.8 Å². The number of carbonyl (C=O) groups excluding carboxylic acids is 1. The summed E-state index contributed by atoms with van der Waals surface area (Å²) >= 11 is 0. The normalized spacial score (nSPS) is 10.5. The molecule has 0 amide bonds. The molecule has 2 heterocycles. The monoisotopic (exact) mass is 279 g/mol. The van der Waals surface area contributed by atoms with Crippen molar-refractivity contribution >= 4 is 23.1 Å². The third-order valence-electron chi connectivity index (χ3n) is 2.92. The maximum atomic E-state index is 10.9. The topological polar surface area (TPSA) is 72.7 Å². The van der Waals surface area contributed by atoms with Crippen molar-refractivity contribution in [1.82, 2.24) is 19.5 Å². The molecule has 21 heavy (non-hydrogen) atoms. The Morgan fingerprint density at radius 1 is 1.38 bits per heavy atom. The van der Waals surface area contributed by atoms with Crippen LogP contribution in [0.1, 0.15) is 17.3 Å². The van der Waals surface area contributed by atoms with Crippen LogP contribution in [-0.4, -0.2) is 25.8 Å². The van der Waals surface area contributed by atoms with Crippen LogP contribution in [0, 0.1) is 0 Å². The quantitative estimate of drug-likeness (QED) is 0.743. The van der Waals surface area contributed by atoms with Gasteiger partial charge in [-0.1, -0.05) is 6.58 Å². The fraction of sp³-hybridized carbons (Fsp3) is 0.0667. The molecular formula is C15H13N5O. The Hall–Kier alpha value is -3.02. The number of rotatable bonds is 4. The fourth-order valence-electron chi connectivity index (χ4n) is 2.03. The molecule has 1 aromatic carbocycles. The highest BCUT2D eigenvalue weighted by Crippen LogP contribution is 2.18. The summed E-state index contributed by atoms with van der Waals surface area (Å²) in [7, 11) is 0. The first-order chi connectivity index (χ1) is 10.2. The van der Waals surface area contributed by atoms with Gasteiger partial charge in [0.25, 0.3) is 0 Å². The van der Waals surface area contributed by atoms with Gasteiger partial charge in [-0.15, -0.1) is 0 Å². The number of nitrogens with one attached hydrogen (secondary N) is 1. The van der Waals surface area contributed by atoms with Gasteiger partial charge in [0, 0.05) is 11.3 Å². The van der Waals surface area contributed by atoms with E-state index in [4.69, 9.17) is 0 Å². The smallest absolute Gasteiger partial charge is 0.159 e. The highest BCUT2D eigenvalue weighted by Gasteiger charge is 2.08. The molecule has 3 rings (SSSR count). The van der Waals surface area contributed by atoms with E-state index in [0.29, 0.717) is 17.2 Å². The first-order valence-corrected chi connectivity index (χ1v) is 6.34. The Balaban J connectivity index is 2.11. The van der Waals surface area contributed by atoms with Crippen molar-refractivity contribution in [3.63, 3.8) is 0 Å². The minimum Gasteiger partial charge on any atom is -0.343 e. The van der Waals surface area contributed by atoms with E-state index in [1.54, 1.807) is 41.5 Å². The van der Waals surface area contributed by atoms with Gasteiger partial charge in [-0.3, -0.25) is 14.3 Å². The summed E-state index contributed by atoms with van der Waals surface area (Å²) in [4.78, 5) is 23.8. The molecule has 6 heteroatoms. The Morgan fingerprint density at radius 2 is 2.24 bits per heavy atom. The predicted octanol–water partition coefficient (Wildman–Crippen LogP) is 2.57. The van der Waals surface area contributed by atoms with Crippen LogP contribution in [0.5, 0.6) is 0 Å². The first kappa shape index (κ1) is 13.0. The zero-order valence-electron chi connectivity index (χ0n) is 11.4. The molecule has 0 spiro atoms. The van der Waals surface area contributed by atoms with Gasteiger partial charge in [0.2, 0.25) is 0 Å². The number of anilines is 1. The highest BCUT2D eigenvalue weighted by molar-refractivity contribution is 5.85. The van der Waals surface area contributed by atoms with Gasteiger partial charge in [0.05, 0.1) is 23.4 Å². The van der Waals surface area contributed by atoms with E-state index < -0.39 is 0 Å². The second kappa shape index (κ2) is 5.16. The minimum atomic E-state index is 0.591. The maximum Gasteiger partial charge on any atom is 0.159 e. The summed E-state index contributed by atoms with van der Waals surface area (Å²) in [6.45, 7) is 5.62. The van der Waals surface area contributed by atoms with Crippen LogP contribution in [0.15, 0.2) is 49.2 Å². The fourth-order valence-corrected chi connectivity index (χ4v) is 2.03. The number of benzene rings is 1. The number of carbonyl (C=O) groups is 1. The Morgan fingerprint density at radius 3 is 3.00 bits per heavy atom. The molecule has 0 bridgehead atoms. The summed E-state index contributed by atoms with van der Waals surface area (Å²) in [6, 6.07) is 5.31. The van der Waals surface area contributed by atoms with Gasteiger partial charge in [0.1, 0.15) is 12.6 Å². The standard InChI is InChI=1S/C15H13N5O/c1-10(2)18-14-6-16-7-15(19-14)20-9-17-12-4-3-11(8-21)5-13(12)20/h3-9H,1H2,2H3,(H,18,19). The number of hydrogen-bond acceptors (Lipinski definition) is 5. The first-order valence-electron chi connectivity index (χ1n) is 6.34. The van der Waals surface area contributed by atoms with Crippen LogP contribution in [0.4, 0.5) is 5.82 Å². The second-order valence-electron chi connectivity index (χ2n) is 4.65. The molecule has 0 atom stereocenters. The molecule has 2 aromatic heterocycles. The van der Waals surface area contributed by atoms with Crippen LogP contribution < -0.4 is 5.32 Å². The summed E-state index contributed by atoms with van der Waals surface area (Å²) in [5.41, 5.74) is 2.97. The Labute approximate surface area is 121 Å². The third-order valence-corrected chi connectivity index (χ3v) is 2.92. The summed E-state index contributed by atoms with van der Waals surface area (Å²) < 4.78 is 1.79. The lowest BCUT2D eigenvalue weighted by Gasteiger charge is -2.07. The van der Waals surface area contributed by atoms with Crippen molar-refractivity contribution in [2.45, 2.75) is 6.92 Å². The van der Waals surface area contributed by atoms with Crippen LogP contribution in [-0.2, 0) is 0 Å². The summed E-state index contributed by atoms with van der Waals surface area (Å²) in [6.07, 6.45) is 5.72. The number of allylic oxidation sites excluding steroid dienone is 1. The molecule has 3 aromatic rings. The Kier molecular flexibility index (Phi) is 3.19. The van der Waals surface area contributed by atoms with Crippen molar-refractivity contribution in [2.75, 3.05) is 5.32 Å². The van der Waals surface area contributed by atoms with Gasteiger partial charge in [-0.05, 0) is 25.1 Å². The number of fused-ring (bicyclic) bond motifs is 1. The van der Waals surface area contributed by atoms with Gasteiger partial charge in [-0.25, -0.2) is 9.97 Å².